The molecule has 1 aromatic heterocycles. The highest BCUT2D eigenvalue weighted by Gasteiger charge is 2.41. The van der Waals surface area contributed by atoms with Gasteiger partial charge in [0.1, 0.15) is 11.8 Å². The Morgan fingerprint density at radius 1 is 1.23 bits per heavy atom. The molecule has 0 spiro atoms. The highest BCUT2D eigenvalue weighted by atomic mass is 35.5. The van der Waals surface area contributed by atoms with Crippen molar-refractivity contribution in [2.75, 3.05) is 6.61 Å². The van der Waals surface area contributed by atoms with Gasteiger partial charge in [-0.1, -0.05) is 44.7 Å². The second-order valence-electron chi connectivity index (χ2n) is 8.53. The zero-order chi connectivity index (χ0) is 21.8. The van der Waals surface area contributed by atoms with E-state index in [9.17, 15) is 4.79 Å². The molecule has 1 N–H and O–H groups in total. The summed E-state index contributed by atoms with van der Waals surface area (Å²) in [6, 6.07) is 3.58. The number of ether oxygens (including phenoxy) is 1. The molecule has 1 atom stereocenters. The van der Waals surface area contributed by atoms with E-state index in [0.29, 0.717) is 29.9 Å². The van der Waals surface area contributed by atoms with E-state index in [1.807, 2.05) is 49.6 Å². The van der Waals surface area contributed by atoms with Gasteiger partial charge >= 0.3 is 0 Å². The smallest absolute Gasteiger partial charge is 0.249 e. The van der Waals surface area contributed by atoms with E-state index in [2.05, 4.69) is 19.9 Å². The van der Waals surface area contributed by atoms with Gasteiger partial charge < -0.3 is 14.2 Å². The molecule has 0 radical (unpaired) electrons. The van der Waals surface area contributed by atoms with E-state index < -0.39 is 0 Å². The second-order valence-corrected chi connectivity index (χ2v) is 8.91. The fourth-order valence-electron chi connectivity index (χ4n) is 4.23. The van der Waals surface area contributed by atoms with E-state index in [1.54, 1.807) is 0 Å². The maximum Gasteiger partial charge on any atom is 0.249 e. The van der Waals surface area contributed by atoms with Crippen LogP contribution in [0.1, 0.15) is 51.5 Å². The lowest BCUT2D eigenvalue weighted by Gasteiger charge is -2.30. The van der Waals surface area contributed by atoms with Crippen LogP contribution in [0.4, 0.5) is 5.69 Å². The van der Waals surface area contributed by atoms with Crippen LogP contribution in [0.25, 0.3) is 0 Å². The zero-order valence-corrected chi connectivity index (χ0v) is 18.9. The molecule has 2 aromatic rings. The Labute approximate surface area is 188 Å². The molecule has 2 aliphatic rings. The summed E-state index contributed by atoms with van der Waals surface area (Å²) >= 11 is 6.68. The van der Waals surface area contributed by atoms with Gasteiger partial charge in [0, 0.05) is 24.5 Å². The summed E-state index contributed by atoms with van der Waals surface area (Å²) < 4.78 is 8.10. The van der Waals surface area contributed by atoms with E-state index in [1.165, 1.54) is 19.3 Å². The van der Waals surface area contributed by atoms with Gasteiger partial charge in [0.25, 0.3) is 0 Å². The minimum absolute atomic E-state index is 0.000761. The van der Waals surface area contributed by atoms with Crippen LogP contribution in [0.5, 0.6) is 5.75 Å². The Morgan fingerprint density at radius 3 is 2.81 bits per heavy atom. The standard InChI is InChI=1S/C23H30ClN5O2/c1-16(2)21-22(30)27-23-26-18-8-9-19(20(24)17(18)14-29(21)23)31-13-7-5-3-4-6-11-28-12-10-25-15-28/h8-10,12,15-16,21H,3-7,11,13-14H2,1-2H3,(H,26,27,30). The van der Waals surface area contributed by atoms with Gasteiger partial charge in [0.05, 0.1) is 30.2 Å². The number of imidazole rings is 1. The third kappa shape index (κ3) is 4.87. The lowest BCUT2D eigenvalue weighted by molar-refractivity contribution is -0.122. The first-order valence-electron chi connectivity index (χ1n) is 11.1. The number of hydrogen-bond acceptors (Lipinski definition) is 5. The first kappa shape index (κ1) is 21.7. The number of hydrogen-bond donors (Lipinski definition) is 1. The number of aliphatic imine (C=N–C) groups is 1. The number of benzene rings is 1. The molecule has 3 heterocycles. The predicted molar refractivity (Wildman–Crippen MR) is 122 cm³/mol. The van der Waals surface area contributed by atoms with Crippen molar-refractivity contribution in [1.29, 1.82) is 0 Å². The second kappa shape index (κ2) is 9.73. The Hall–Kier alpha value is -2.54. The van der Waals surface area contributed by atoms with Crippen molar-refractivity contribution in [3.8, 4) is 5.75 Å². The van der Waals surface area contributed by atoms with Crippen LogP contribution in [0, 0.1) is 5.92 Å². The number of rotatable bonds is 10. The highest BCUT2D eigenvalue weighted by Crippen LogP contribution is 2.40. The highest BCUT2D eigenvalue weighted by molar-refractivity contribution is 6.33. The number of aryl methyl sites for hydroxylation is 1. The minimum atomic E-state index is -0.221. The van der Waals surface area contributed by atoms with Crippen LogP contribution in [0.15, 0.2) is 35.8 Å². The number of nitrogens with zero attached hydrogens (tertiary/aromatic N) is 4. The van der Waals surface area contributed by atoms with Gasteiger partial charge in [-0.2, -0.15) is 0 Å². The van der Waals surface area contributed by atoms with Gasteiger partial charge in [-0.05, 0) is 30.9 Å². The molecule has 1 amide bonds. The summed E-state index contributed by atoms with van der Waals surface area (Å²) in [5, 5.41) is 3.49. The van der Waals surface area contributed by atoms with Crippen LogP contribution in [-0.2, 0) is 17.9 Å². The van der Waals surface area contributed by atoms with Gasteiger partial charge in [0.2, 0.25) is 11.9 Å². The van der Waals surface area contributed by atoms with Crippen molar-refractivity contribution in [3.05, 3.63) is 41.4 Å². The monoisotopic (exact) mass is 443 g/mol. The summed E-state index contributed by atoms with van der Waals surface area (Å²) in [7, 11) is 0. The molecule has 1 unspecified atom stereocenters. The molecular formula is C23H30ClN5O2. The van der Waals surface area contributed by atoms with E-state index in [4.69, 9.17) is 16.3 Å². The number of unbranched alkanes of at least 4 members (excludes halogenated alkanes) is 4. The summed E-state index contributed by atoms with van der Waals surface area (Å²) in [5.41, 5.74) is 1.72. The maximum atomic E-state index is 12.3. The topological polar surface area (TPSA) is 71.7 Å². The molecule has 31 heavy (non-hydrogen) atoms. The average molecular weight is 444 g/mol. The number of guanidine groups is 1. The third-order valence-corrected chi connectivity index (χ3v) is 6.27. The SMILES string of the molecule is CC(C)C1C(=O)NC2=Nc3ccc(OCCCCCCCn4ccnc4)c(Cl)c3CN21. The summed E-state index contributed by atoms with van der Waals surface area (Å²) in [6.07, 6.45) is 11.4. The van der Waals surface area contributed by atoms with Gasteiger partial charge in [-0.3, -0.25) is 10.1 Å². The average Bonchev–Trinajstić information content (AvgIpc) is 3.36. The molecule has 0 saturated carbocycles. The van der Waals surface area contributed by atoms with Gasteiger partial charge in [0.15, 0.2) is 0 Å². The van der Waals surface area contributed by atoms with Crippen molar-refractivity contribution in [2.45, 2.75) is 65.1 Å². The normalized spacial score (nSPS) is 17.4. The summed E-state index contributed by atoms with van der Waals surface area (Å²) in [5.74, 6) is 1.50. The molecule has 0 bridgehead atoms. The third-order valence-electron chi connectivity index (χ3n) is 5.86. The van der Waals surface area contributed by atoms with Crippen LogP contribution >= 0.6 is 11.6 Å². The maximum absolute atomic E-state index is 12.3. The number of amides is 1. The molecule has 1 aromatic carbocycles. The molecule has 166 valence electrons. The fraction of sp³-hybridized carbons (Fsp3) is 0.522. The van der Waals surface area contributed by atoms with E-state index in [0.717, 1.165) is 30.6 Å². The molecule has 2 aliphatic heterocycles. The minimum Gasteiger partial charge on any atom is -0.492 e. The number of carbonyl (C=O) groups excluding carboxylic acids is 1. The molecule has 7 nitrogen and oxygen atoms in total. The van der Waals surface area contributed by atoms with Crippen molar-refractivity contribution >= 4 is 29.2 Å². The van der Waals surface area contributed by atoms with Crippen molar-refractivity contribution in [1.82, 2.24) is 19.8 Å². The number of carbonyl (C=O) groups is 1. The van der Waals surface area contributed by atoms with Gasteiger partial charge in [-0.15, -0.1) is 0 Å². The molecule has 1 saturated heterocycles. The summed E-state index contributed by atoms with van der Waals surface area (Å²) in [6.45, 7) is 6.32. The van der Waals surface area contributed by atoms with E-state index in [-0.39, 0.29) is 17.9 Å². The van der Waals surface area contributed by atoms with Crippen LogP contribution in [0.3, 0.4) is 0 Å². The first-order valence-corrected chi connectivity index (χ1v) is 11.5. The lowest BCUT2D eigenvalue weighted by Crippen LogP contribution is -2.40. The number of nitrogens with one attached hydrogen (secondary N) is 1. The quantitative estimate of drug-likeness (QED) is 0.548. The molecule has 1 fully saturated rings. The van der Waals surface area contributed by atoms with Crippen molar-refractivity contribution in [2.24, 2.45) is 10.9 Å². The number of fused-ring (bicyclic) bond motifs is 2. The Balaban J connectivity index is 1.26. The fourth-order valence-corrected chi connectivity index (χ4v) is 4.50. The van der Waals surface area contributed by atoms with Crippen LogP contribution < -0.4 is 10.1 Å². The van der Waals surface area contributed by atoms with Crippen molar-refractivity contribution in [3.63, 3.8) is 0 Å². The van der Waals surface area contributed by atoms with E-state index >= 15 is 0 Å². The van der Waals surface area contributed by atoms with Crippen molar-refractivity contribution < 1.29 is 9.53 Å². The molecule has 0 aliphatic carbocycles. The molecule has 8 heteroatoms. The number of halogens is 1. The summed E-state index contributed by atoms with van der Waals surface area (Å²) in [4.78, 5) is 23.0. The van der Waals surface area contributed by atoms with Crippen LogP contribution in [0.2, 0.25) is 5.02 Å². The number of aromatic nitrogens is 2. The Bertz CT molecular complexity index is 942. The first-order chi connectivity index (χ1) is 15.0. The zero-order valence-electron chi connectivity index (χ0n) is 18.2. The Morgan fingerprint density at radius 2 is 2.03 bits per heavy atom. The predicted octanol–water partition coefficient (Wildman–Crippen LogP) is 4.52. The largest absolute Gasteiger partial charge is 0.492 e. The van der Waals surface area contributed by atoms with Crippen LogP contribution in [-0.4, -0.2) is 39.0 Å². The molecular weight excluding hydrogens is 414 g/mol. The molecule has 4 rings (SSSR count). The van der Waals surface area contributed by atoms with Gasteiger partial charge in [-0.25, -0.2) is 9.98 Å². The lowest BCUT2D eigenvalue weighted by atomic mass is 10.0. The Kier molecular flexibility index (Phi) is 6.80.